The Morgan fingerprint density at radius 1 is 1.53 bits per heavy atom. The van der Waals surface area contributed by atoms with Gasteiger partial charge in [-0.25, -0.2) is 9.77 Å². The summed E-state index contributed by atoms with van der Waals surface area (Å²) in [5.41, 5.74) is 4.27. The van der Waals surface area contributed by atoms with E-state index in [2.05, 4.69) is 20.6 Å². The van der Waals surface area contributed by atoms with Crippen LogP contribution in [-0.4, -0.2) is 25.8 Å². The molecule has 2 N–H and O–H groups in total. The Morgan fingerprint density at radius 3 is 2.88 bits per heavy atom. The van der Waals surface area contributed by atoms with Crippen LogP contribution < -0.4 is 5.43 Å². The number of hydrogen-bond acceptors (Lipinski definition) is 4. The molecule has 2 heterocycles. The van der Waals surface area contributed by atoms with Crippen molar-refractivity contribution in [2.75, 3.05) is 5.43 Å². The zero-order valence-electron chi connectivity index (χ0n) is 9.39. The SMILES string of the molecule is CC(=O)Nn1c(-c2ccc(C)nc2)n[nH]c1=S. The Hall–Kier alpha value is -2.02. The van der Waals surface area contributed by atoms with Crippen LogP contribution in [0.5, 0.6) is 0 Å². The maximum absolute atomic E-state index is 11.1. The number of aromatic nitrogens is 4. The van der Waals surface area contributed by atoms with Crippen LogP contribution in [0.4, 0.5) is 0 Å². The normalized spacial score (nSPS) is 10.2. The zero-order valence-corrected chi connectivity index (χ0v) is 10.2. The highest BCUT2D eigenvalue weighted by molar-refractivity contribution is 7.71. The molecule has 6 nitrogen and oxygen atoms in total. The number of pyridine rings is 1. The third-order valence-electron chi connectivity index (χ3n) is 2.11. The quantitative estimate of drug-likeness (QED) is 0.789. The summed E-state index contributed by atoms with van der Waals surface area (Å²) < 4.78 is 1.75. The molecule has 88 valence electrons. The largest absolute Gasteiger partial charge is 0.274 e. The maximum atomic E-state index is 11.1. The van der Waals surface area contributed by atoms with Crippen molar-refractivity contribution in [3.05, 3.63) is 28.8 Å². The van der Waals surface area contributed by atoms with E-state index >= 15 is 0 Å². The van der Waals surface area contributed by atoms with Gasteiger partial charge in [0.1, 0.15) is 0 Å². The molecule has 0 spiro atoms. The van der Waals surface area contributed by atoms with Crippen molar-refractivity contribution >= 4 is 18.1 Å². The van der Waals surface area contributed by atoms with E-state index in [1.54, 1.807) is 6.20 Å². The number of carbonyl (C=O) groups is 1. The van der Waals surface area contributed by atoms with E-state index in [0.29, 0.717) is 10.6 Å². The highest BCUT2D eigenvalue weighted by Crippen LogP contribution is 2.14. The fourth-order valence-corrected chi connectivity index (χ4v) is 1.53. The van der Waals surface area contributed by atoms with Gasteiger partial charge < -0.3 is 0 Å². The zero-order chi connectivity index (χ0) is 12.4. The summed E-state index contributed by atoms with van der Waals surface area (Å²) in [6.45, 7) is 3.31. The predicted molar refractivity (Wildman–Crippen MR) is 65.4 cm³/mol. The van der Waals surface area contributed by atoms with E-state index in [1.807, 2.05) is 19.1 Å². The Bertz CT molecular complexity index is 598. The Kier molecular flexibility index (Phi) is 3.01. The molecule has 0 fully saturated rings. The number of amides is 1. The van der Waals surface area contributed by atoms with Gasteiger partial charge in [0, 0.05) is 24.4 Å². The van der Waals surface area contributed by atoms with E-state index in [9.17, 15) is 4.79 Å². The molecule has 0 saturated heterocycles. The summed E-state index contributed by atoms with van der Waals surface area (Å²) in [6.07, 6.45) is 1.68. The van der Waals surface area contributed by atoms with Crippen LogP contribution in [0.25, 0.3) is 11.4 Å². The van der Waals surface area contributed by atoms with E-state index in [4.69, 9.17) is 12.2 Å². The minimum absolute atomic E-state index is 0.219. The van der Waals surface area contributed by atoms with Crippen LogP contribution in [0.1, 0.15) is 12.6 Å². The molecule has 0 aliphatic carbocycles. The van der Waals surface area contributed by atoms with E-state index in [-0.39, 0.29) is 5.91 Å². The van der Waals surface area contributed by atoms with Crippen molar-refractivity contribution in [3.63, 3.8) is 0 Å². The number of nitrogens with zero attached hydrogens (tertiary/aromatic N) is 3. The van der Waals surface area contributed by atoms with E-state index in [1.165, 1.54) is 11.6 Å². The molecular weight excluding hydrogens is 238 g/mol. The van der Waals surface area contributed by atoms with Crippen molar-refractivity contribution in [1.82, 2.24) is 19.9 Å². The minimum Gasteiger partial charge on any atom is -0.274 e. The van der Waals surface area contributed by atoms with Crippen molar-refractivity contribution in [2.45, 2.75) is 13.8 Å². The molecule has 0 aliphatic rings. The topological polar surface area (TPSA) is 75.6 Å². The number of nitrogens with one attached hydrogen (secondary N) is 2. The third-order valence-corrected chi connectivity index (χ3v) is 2.39. The van der Waals surface area contributed by atoms with Crippen molar-refractivity contribution < 1.29 is 4.79 Å². The second kappa shape index (κ2) is 4.46. The van der Waals surface area contributed by atoms with Gasteiger partial charge in [0.15, 0.2) is 5.82 Å². The van der Waals surface area contributed by atoms with E-state index in [0.717, 1.165) is 11.3 Å². The Morgan fingerprint density at radius 2 is 2.29 bits per heavy atom. The second-order valence-electron chi connectivity index (χ2n) is 3.54. The second-order valence-corrected chi connectivity index (χ2v) is 3.93. The number of H-pyrrole nitrogens is 1. The number of carbonyl (C=O) groups excluding carboxylic acids is 1. The lowest BCUT2D eigenvalue weighted by atomic mass is 10.2. The summed E-state index contributed by atoms with van der Waals surface area (Å²) in [6, 6.07) is 3.73. The van der Waals surface area contributed by atoms with Gasteiger partial charge in [0.05, 0.1) is 0 Å². The molecule has 0 aromatic carbocycles. The van der Waals surface area contributed by atoms with Gasteiger partial charge in [-0.15, -0.1) is 0 Å². The molecule has 2 aromatic rings. The van der Waals surface area contributed by atoms with Gasteiger partial charge in [0.2, 0.25) is 10.7 Å². The fraction of sp³-hybridized carbons (Fsp3) is 0.200. The monoisotopic (exact) mass is 249 g/mol. The molecule has 7 heteroatoms. The lowest BCUT2D eigenvalue weighted by Crippen LogP contribution is -2.20. The molecule has 0 saturated carbocycles. The molecule has 2 rings (SSSR count). The average molecular weight is 249 g/mol. The van der Waals surface area contributed by atoms with Crippen molar-refractivity contribution in [3.8, 4) is 11.4 Å². The molecule has 0 radical (unpaired) electrons. The highest BCUT2D eigenvalue weighted by atomic mass is 32.1. The van der Waals surface area contributed by atoms with Gasteiger partial charge in [-0.05, 0) is 31.3 Å². The molecule has 17 heavy (non-hydrogen) atoms. The summed E-state index contributed by atoms with van der Waals surface area (Å²) in [5.74, 6) is 0.307. The first-order valence-corrected chi connectivity index (χ1v) is 5.37. The first-order valence-electron chi connectivity index (χ1n) is 4.96. The molecule has 0 unspecified atom stereocenters. The van der Waals surface area contributed by atoms with Crippen LogP contribution in [0, 0.1) is 11.7 Å². The van der Waals surface area contributed by atoms with Gasteiger partial charge >= 0.3 is 0 Å². The molecule has 0 atom stereocenters. The third kappa shape index (κ3) is 2.39. The molecule has 0 aliphatic heterocycles. The number of aryl methyl sites for hydroxylation is 1. The molecule has 1 amide bonds. The van der Waals surface area contributed by atoms with E-state index < -0.39 is 0 Å². The van der Waals surface area contributed by atoms with Gasteiger partial charge in [-0.2, -0.15) is 5.10 Å². The summed E-state index contributed by atoms with van der Waals surface area (Å²) in [4.78, 5) is 15.2. The maximum Gasteiger partial charge on any atom is 0.235 e. The average Bonchev–Trinajstić information content (AvgIpc) is 2.61. The van der Waals surface area contributed by atoms with Gasteiger partial charge in [-0.3, -0.25) is 15.2 Å². The van der Waals surface area contributed by atoms with Crippen molar-refractivity contribution in [1.29, 1.82) is 0 Å². The first kappa shape index (κ1) is 11.5. The van der Waals surface area contributed by atoms with Crippen LogP contribution in [-0.2, 0) is 4.79 Å². The lowest BCUT2D eigenvalue weighted by Gasteiger charge is -2.06. The number of rotatable bonds is 2. The Balaban J connectivity index is 2.48. The summed E-state index contributed by atoms with van der Waals surface area (Å²) >= 11 is 5.03. The molecule has 0 bridgehead atoms. The minimum atomic E-state index is -0.219. The first-order chi connectivity index (χ1) is 8.08. The summed E-state index contributed by atoms with van der Waals surface area (Å²) in [5, 5.41) is 6.69. The molecular formula is C10H11N5OS. The summed E-state index contributed by atoms with van der Waals surface area (Å²) in [7, 11) is 0. The highest BCUT2D eigenvalue weighted by Gasteiger charge is 2.09. The van der Waals surface area contributed by atoms with Crippen LogP contribution in [0.3, 0.4) is 0 Å². The number of hydrogen-bond donors (Lipinski definition) is 2. The smallest absolute Gasteiger partial charge is 0.235 e. The number of aromatic amines is 1. The van der Waals surface area contributed by atoms with Crippen LogP contribution >= 0.6 is 12.2 Å². The van der Waals surface area contributed by atoms with Crippen LogP contribution in [0.15, 0.2) is 18.3 Å². The molecule has 2 aromatic heterocycles. The Labute approximate surface area is 103 Å². The van der Waals surface area contributed by atoms with Gasteiger partial charge in [0.25, 0.3) is 0 Å². The van der Waals surface area contributed by atoms with Crippen LogP contribution in [0.2, 0.25) is 0 Å². The fourth-order valence-electron chi connectivity index (χ4n) is 1.35. The standard InChI is InChI=1S/C10H11N5OS/c1-6-3-4-8(5-11-6)9-12-13-10(17)15(9)14-7(2)16/h3-5H,1-2H3,(H,13,17)(H,14,16). The van der Waals surface area contributed by atoms with Gasteiger partial charge in [-0.1, -0.05) is 0 Å². The lowest BCUT2D eigenvalue weighted by molar-refractivity contribution is -0.115. The van der Waals surface area contributed by atoms with Crippen molar-refractivity contribution in [2.24, 2.45) is 0 Å². The predicted octanol–water partition coefficient (Wildman–Crippen LogP) is 1.40.